The lowest BCUT2D eigenvalue weighted by Crippen LogP contribution is -2.31. The fourth-order valence-electron chi connectivity index (χ4n) is 2.01. The summed E-state index contributed by atoms with van der Waals surface area (Å²) in [6, 6.07) is 15.3. The van der Waals surface area contributed by atoms with Crippen molar-refractivity contribution >= 4 is 15.7 Å². The second-order valence-corrected chi connectivity index (χ2v) is 7.09. The first kappa shape index (κ1) is 17.6. The number of methoxy groups -OCH3 is 1. The SMILES string of the molecule is COc1ccc(OCCS(=O)(=O)N(C)c2cccc(C#N)c2)cc1. The average molecular weight is 346 g/mol. The van der Waals surface area contributed by atoms with Crippen molar-refractivity contribution in [3.05, 3.63) is 54.1 Å². The summed E-state index contributed by atoms with van der Waals surface area (Å²) < 4.78 is 36.4. The van der Waals surface area contributed by atoms with Crippen LogP contribution in [0.3, 0.4) is 0 Å². The first-order chi connectivity index (χ1) is 11.5. The quantitative estimate of drug-likeness (QED) is 0.769. The molecule has 0 N–H and O–H groups in total. The van der Waals surface area contributed by atoms with Crippen molar-refractivity contribution in [2.45, 2.75) is 0 Å². The van der Waals surface area contributed by atoms with E-state index >= 15 is 0 Å². The number of sulfonamides is 1. The van der Waals surface area contributed by atoms with Gasteiger partial charge in [0.2, 0.25) is 10.0 Å². The third-order valence-electron chi connectivity index (χ3n) is 3.43. The summed E-state index contributed by atoms with van der Waals surface area (Å²) in [4.78, 5) is 0. The van der Waals surface area contributed by atoms with Gasteiger partial charge >= 0.3 is 0 Å². The van der Waals surface area contributed by atoms with Crippen LogP contribution in [0.2, 0.25) is 0 Å². The van der Waals surface area contributed by atoms with Crippen molar-refractivity contribution in [1.29, 1.82) is 5.26 Å². The van der Waals surface area contributed by atoms with Gasteiger partial charge in [0.25, 0.3) is 0 Å². The molecule has 0 spiro atoms. The summed E-state index contributed by atoms with van der Waals surface area (Å²) in [6.45, 7) is 0.0247. The number of hydrogen-bond acceptors (Lipinski definition) is 5. The van der Waals surface area contributed by atoms with E-state index in [9.17, 15) is 8.42 Å². The van der Waals surface area contributed by atoms with Crippen molar-refractivity contribution < 1.29 is 17.9 Å². The minimum Gasteiger partial charge on any atom is -0.497 e. The summed E-state index contributed by atoms with van der Waals surface area (Å²) in [5.41, 5.74) is 0.850. The topological polar surface area (TPSA) is 79.6 Å². The second kappa shape index (κ2) is 7.70. The van der Waals surface area contributed by atoms with Crippen molar-refractivity contribution in [2.75, 3.05) is 30.8 Å². The van der Waals surface area contributed by atoms with Gasteiger partial charge in [0.1, 0.15) is 23.9 Å². The molecule has 0 aliphatic heterocycles. The molecule has 0 saturated carbocycles. The predicted octanol–water partition coefficient (Wildman–Crippen LogP) is 2.41. The molecular formula is C17H18N2O4S. The van der Waals surface area contributed by atoms with Crippen LogP contribution in [0.4, 0.5) is 5.69 Å². The van der Waals surface area contributed by atoms with E-state index in [1.807, 2.05) is 6.07 Å². The number of hydrogen-bond donors (Lipinski definition) is 0. The van der Waals surface area contributed by atoms with Crippen LogP contribution >= 0.6 is 0 Å². The third-order valence-corrected chi connectivity index (χ3v) is 5.15. The highest BCUT2D eigenvalue weighted by Crippen LogP contribution is 2.19. The summed E-state index contributed by atoms with van der Waals surface area (Å²) >= 11 is 0. The maximum absolute atomic E-state index is 12.4. The van der Waals surface area contributed by atoms with E-state index in [2.05, 4.69) is 0 Å². The van der Waals surface area contributed by atoms with Crippen LogP contribution in [-0.2, 0) is 10.0 Å². The van der Waals surface area contributed by atoms with Gasteiger partial charge in [0.15, 0.2) is 0 Å². The van der Waals surface area contributed by atoms with Crippen LogP contribution in [0.5, 0.6) is 11.5 Å². The zero-order valence-corrected chi connectivity index (χ0v) is 14.3. The number of ether oxygens (including phenoxy) is 2. The lowest BCUT2D eigenvalue weighted by Gasteiger charge is -2.19. The number of anilines is 1. The molecule has 2 aromatic rings. The van der Waals surface area contributed by atoms with Crippen molar-refractivity contribution in [2.24, 2.45) is 0 Å². The number of nitrogens with zero attached hydrogens (tertiary/aromatic N) is 2. The molecule has 0 atom stereocenters. The Kier molecular flexibility index (Phi) is 5.66. The van der Waals surface area contributed by atoms with E-state index in [0.29, 0.717) is 22.7 Å². The zero-order chi connectivity index (χ0) is 17.6. The zero-order valence-electron chi connectivity index (χ0n) is 13.5. The molecule has 0 fully saturated rings. The third kappa shape index (κ3) is 4.40. The molecule has 0 aliphatic carbocycles. The molecule has 0 bridgehead atoms. The smallest absolute Gasteiger partial charge is 0.238 e. The maximum atomic E-state index is 12.4. The first-order valence-electron chi connectivity index (χ1n) is 7.20. The van der Waals surface area contributed by atoms with Gasteiger partial charge in [-0.25, -0.2) is 8.42 Å². The molecule has 0 amide bonds. The molecule has 126 valence electrons. The molecule has 0 heterocycles. The fraction of sp³-hybridized carbons (Fsp3) is 0.235. The summed E-state index contributed by atoms with van der Waals surface area (Å²) in [7, 11) is -0.520. The molecular weight excluding hydrogens is 328 g/mol. The van der Waals surface area contributed by atoms with E-state index in [1.165, 1.54) is 13.1 Å². The van der Waals surface area contributed by atoms with Gasteiger partial charge in [0, 0.05) is 7.05 Å². The molecule has 2 aromatic carbocycles. The summed E-state index contributed by atoms with van der Waals surface area (Å²) in [6.07, 6.45) is 0. The summed E-state index contributed by atoms with van der Waals surface area (Å²) in [5, 5.41) is 8.90. The molecule has 6 nitrogen and oxygen atoms in total. The van der Waals surface area contributed by atoms with E-state index in [0.717, 1.165) is 4.31 Å². The van der Waals surface area contributed by atoms with Crippen LogP contribution in [0.15, 0.2) is 48.5 Å². The van der Waals surface area contributed by atoms with Gasteiger partial charge in [-0.3, -0.25) is 4.31 Å². The van der Waals surface area contributed by atoms with E-state index in [-0.39, 0.29) is 12.4 Å². The summed E-state index contributed by atoms with van der Waals surface area (Å²) in [5.74, 6) is 1.10. The largest absolute Gasteiger partial charge is 0.497 e. The normalized spacial score (nSPS) is 10.7. The Balaban J connectivity index is 1.98. The maximum Gasteiger partial charge on any atom is 0.238 e. The highest BCUT2D eigenvalue weighted by molar-refractivity contribution is 7.92. The van der Waals surface area contributed by atoms with Gasteiger partial charge in [-0.05, 0) is 42.5 Å². The van der Waals surface area contributed by atoms with Crippen LogP contribution < -0.4 is 13.8 Å². The van der Waals surface area contributed by atoms with E-state index < -0.39 is 10.0 Å². The fourth-order valence-corrected chi connectivity index (χ4v) is 3.01. The minimum absolute atomic E-state index is 0.0247. The molecule has 7 heteroatoms. The molecule has 2 rings (SSSR count). The van der Waals surface area contributed by atoms with Gasteiger partial charge in [-0.2, -0.15) is 5.26 Å². The van der Waals surface area contributed by atoms with Crippen LogP contribution in [-0.4, -0.2) is 34.9 Å². The Morgan fingerprint density at radius 1 is 1.12 bits per heavy atom. The average Bonchev–Trinajstić information content (AvgIpc) is 2.61. The Bertz CT molecular complexity index is 826. The van der Waals surface area contributed by atoms with Crippen molar-refractivity contribution in [3.63, 3.8) is 0 Å². The Morgan fingerprint density at radius 2 is 1.79 bits per heavy atom. The van der Waals surface area contributed by atoms with Gasteiger partial charge < -0.3 is 9.47 Å². The number of benzene rings is 2. The first-order valence-corrected chi connectivity index (χ1v) is 8.81. The second-order valence-electron chi connectivity index (χ2n) is 4.97. The molecule has 24 heavy (non-hydrogen) atoms. The highest BCUT2D eigenvalue weighted by atomic mass is 32.2. The highest BCUT2D eigenvalue weighted by Gasteiger charge is 2.18. The monoisotopic (exact) mass is 346 g/mol. The van der Waals surface area contributed by atoms with Gasteiger partial charge in [0.05, 0.1) is 24.4 Å². The van der Waals surface area contributed by atoms with Crippen LogP contribution in [0.25, 0.3) is 0 Å². The standard InChI is InChI=1S/C17H18N2O4S/c1-19(15-5-3-4-14(12-15)13-18)24(20,21)11-10-23-17-8-6-16(22-2)7-9-17/h3-9,12H,10-11H2,1-2H3. The van der Waals surface area contributed by atoms with Crippen molar-refractivity contribution in [3.8, 4) is 17.6 Å². The van der Waals surface area contributed by atoms with E-state index in [1.54, 1.807) is 49.6 Å². The van der Waals surface area contributed by atoms with Crippen LogP contribution in [0.1, 0.15) is 5.56 Å². The van der Waals surface area contributed by atoms with Gasteiger partial charge in [-0.15, -0.1) is 0 Å². The Labute approximate surface area is 141 Å². The van der Waals surface area contributed by atoms with Gasteiger partial charge in [-0.1, -0.05) is 6.07 Å². The number of nitriles is 1. The number of rotatable bonds is 7. The van der Waals surface area contributed by atoms with Crippen molar-refractivity contribution in [1.82, 2.24) is 0 Å². The molecule has 0 saturated heterocycles. The molecule has 0 radical (unpaired) electrons. The van der Waals surface area contributed by atoms with Crippen LogP contribution in [0, 0.1) is 11.3 Å². The predicted molar refractivity (Wildman–Crippen MR) is 91.8 cm³/mol. The Hall–Kier alpha value is -2.72. The lowest BCUT2D eigenvalue weighted by atomic mass is 10.2. The molecule has 0 aliphatic rings. The molecule has 0 unspecified atom stereocenters. The lowest BCUT2D eigenvalue weighted by molar-refractivity contribution is 0.339. The van der Waals surface area contributed by atoms with E-state index in [4.69, 9.17) is 14.7 Å². The molecule has 0 aromatic heterocycles. The Morgan fingerprint density at radius 3 is 2.42 bits per heavy atom. The minimum atomic E-state index is -3.55.